The van der Waals surface area contributed by atoms with E-state index in [0.717, 1.165) is 51.4 Å². The Morgan fingerprint density at radius 3 is 1.95 bits per heavy atom. The first kappa shape index (κ1) is 49.0. The third-order valence-electron chi connectivity index (χ3n) is 19.0. The zero-order chi connectivity index (χ0) is 46.7. The molecule has 0 radical (unpaired) electrons. The Morgan fingerprint density at radius 2 is 1.30 bits per heavy atom. The Labute approximate surface area is 376 Å². The van der Waals surface area contributed by atoms with Crippen LogP contribution < -0.4 is 0 Å². The number of rotatable bonds is 9. The minimum atomic E-state index is -1.86. The number of carboxylic acid groups (broad SMARTS) is 1. The first-order valence-electron chi connectivity index (χ1n) is 23.7. The van der Waals surface area contributed by atoms with Gasteiger partial charge in [-0.05, 0) is 109 Å². The summed E-state index contributed by atoms with van der Waals surface area (Å²) in [5, 5.41) is 107. The van der Waals surface area contributed by atoms with Gasteiger partial charge in [-0.1, -0.05) is 60.1 Å². The molecule has 7 fully saturated rings. The fourth-order valence-electron chi connectivity index (χ4n) is 14.9. The van der Waals surface area contributed by atoms with Crippen molar-refractivity contribution < 1.29 is 84.3 Å². The summed E-state index contributed by atoms with van der Waals surface area (Å²) in [4.78, 5) is 13.1. The summed E-state index contributed by atoms with van der Waals surface area (Å²) in [5.41, 5.74) is 0.0406. The van der Waals surface area contributed by atoms with E-state index in [2.05, 4.69) is 54.5 Å². The van der Waals surface area contributed by atoms with Crippen LogP contribution in [0.1, 0.15) is 113 Å². The summed E-state index contributed by atoms with van der Waals surface area (Å²) in [6, 6.07) is 0. The average Bonchev–Trinajstić information content (AvgIpc) is 3.23. The zero-order valence-corrected chi connectivity index (χ0v) is 38.5. The lowest BCUT2D eigenvalue weighted by Gasteiger charge is -2.71. The number of carboxylic acids is 1. The lowest BCUT2D eigenvalue weighted by Crippen LogP contribution is -2.67. The second-order valence-corrected chi connectivity index (χ2v) is 23.0. The molecule has 17 nitrogen and oxygen atoms in total. The van der Waals surface area contributed by atoms with Gasteiger partial charge in [-0.3, -0.25) is 4.79 Å². The van der Waals surface area contributed by atoms with Crippen LogP contribution in [-0.4, -0.2) is 169 Å². The highest BCUT2D eigenvalue weighted by Gasteiger charge is 2.70. The molecule has 0 aromatic carbocycles. The van der Waals surface area contributed by atoms with E-state index in [1.807, 2.05) is 0 Å². The van der Waals surface area contributed by atoms with Crippen LogP contribution in [0.4, 0.5) is 0 Å². The Morgan fingerprint density at radius 1 is 0.672 bits per heavy atom. The van der Waals surface area contributed by atoms with Crippen molar-refractivity contribution >= 4 is 5.97 Å². The standard InChI is InChI=1S/C47H76O17/c1-42(2)14-16-47(41(57)58)17-15-45(6)22(23(47)18-42)8-9-28-44(5)12-11-29(43(3,4)27(44)10-13-46(28,45)7)62-39-35(56)36(32(53)26(20-49)61-39)63-40-37(30(51)24(50)21-59-40)64-38-34(55)33(54)31(52)25(19-48)60-38/h8,23-40,48-56H,9-21H2,1-7H3,(H,57,58)/t23?,24-,25-,26-,27?,28?,29+,30-,31-,32+,33+,34-,35-,36+,37+,38+,39+,40+,44+,45-,46-,47+/m1/s1. The van der Waals surface area contributed by atoms with Crippen molar-refractivity contribution in [1.29, 1.82) is 0 Å². The van der Waals surface area contributed by atoms with Gasteiger partial charge in [-0.25, -0.2) is 0 Å². The fraction of sp³-hybridized carbons (Fsp3) is 0.936. The largest absolute Gasteiger partial charge is 0.481 e. The van der Waals surface area contributed by atoms with Crippen LogP contribution >= 0.6 is 0 Å². The van der Waals surface area contributed by atoms with Crippen LogP contribution in [0.25, 0.3) is 0 Å². The molecule has 3 heterocycles. The average molecular weight is 913 g/mol. The highest BCUT2D eigenvalue weighted by Crippen LogP contribution is 2.76. The number of allylic oxidation sites excluding steroid dienone is 2. The van der Waals surface area contributed by atoms with Crippen molar-refractivity contribution in [3.63, 3.8) is 0 Å². The number of aliphatic hydroxyl groups is 9. The number of ether oxygens (including phenoxy) is 6. The molecule has 8 aliphatic rings. The molecule has 0 aromatic heterocycles. The number of aliphatic hydroxyl groups excluding tert-OH is 9. The van der Waals surface area contributed by atoms with E-state index in [9.17, 15) is 55.9 Å². The predicted octanol–water partition coefficient (Wildman–Crippen LogP) is 1.35. The summed E-state index contributed by atoms with van der Waals surface area (Å²) in [6.07, 6.45) is -12.0. The van der Waals surface area contributed by atoms with Crippen molar-refractivity contribution in [2.24, 2.45) is 50.2 Å². The zero-order valence-electron chi connectivity index (χ0n) is 38.5. The van der Waals surface area contributed by atoms with Gasteiger partial charge in [0.25, 0.3) is 0 Å². The molecule has 0 aromatic rings. The minimum absolute atomic E-state index is 0.0228. The SMILES string of the molecule is CC1(C)CC[C@]2(C(=O)O)CC[C@]3(C)C(=CCC4[C@@]5(C)CC[C@H](O[C@@H]6O[C@H](CO)[C@H](O)[C@H](O[C@@H]7OC[C@@H](O)[C@@H](O)[C@@H]7O[C@@H]7O[C@H](CO)[C@@H](O)[C@H](O)[C@H]7O)[C@H]6O)C(C)(C)C5CC[C@]43C)C2C1. The Balaban J connectivity index is 1.00. The molecular formula is C47H76O17. The third-order valence-corrected chi connectivity index (χ3v) is 19.0. The predicted molar refractivity (Wildman–Crippen MR) is 225 cm³/mol. The van der Waals surface area contributed by atoms with E-state index in [-0.39, 0.29) is 33.5 Å². The highest BCUT2D eigenvalue weighted by atomic mass is 16.8. The first-order chi connectivity index (χ1) is 29.9. The van der Waals surface area contributed by atoms with E-state index >= 15 is 0 Å². The molecule has 10 N–H and O–H groups in total. The number of fused-ring (bicyclic) bond motifs is 7. The second kappa shape index (κ2) is 17.2. The molecule has 17 heteroatoms. The van der Waals surface area contributed by atoms with Crippen LogP contribution in [0.15, 0.2) is 11.6 Å². The smallest absolute Gasteiger partial charge is 0.310 e. The molecule has 22 atom stereocenters. The molecule has 3 saturated heterocycles. The third kappa shape index (κ3) is 7.58. The topological polar surface area (TPSA) is 275 Å². The van der Waals surface area contributed by atoms with Gasteiger partial charge in [-0.2, -0.15) is 0 Å². The summed E-state index contributed by atoms with van der Waals surface area (Å²) in [7, 11) is 0. The Hall–Kier alpha value is -1.39. The quantitative estimate of drug-likeness (QED) is 0.116. The van der Waals surface area contributed by atoms with Gasteiger partial charge in [0.05, 0.1) is 31.3 Å². The number of hydrogen-bond acceptors (Lipinski definition) is 16. The van der Waals surface area contributed by atoms with Crippen LogP contribution in [0.2, 0.25) is 0 Å². The van der Waals surface area contributed by atoms with Gasteiger partial charge < -0.3 is 79.5 Å². The second-order valence-electron chi connectivity index (χ2n) is 23.0. The van der Waals surface area contributed by atoms with Crippen molar-refractivity contribution in [1.82, 2.24) is 0 Å². The molecule has 0 bridgehead atoms. The van der Waals surface area contributed by atoms with E-state index in [4.69, 9.17) is 28.4 Å². The van der Waals surface area contributed by atoms with Crippen LogP contribution in [0.5, 0.6) is 0 Å². The lowest BCUT2D eigenvalue weighted by molar-refractivity contribution is -0.383. The fourth-order valence-corrected chi connectivity index (χ4v) is 14.9. The summed E-state index contributed by atoms with van der Waals surface area (Å²) >= 11 is 0. The van der Waals surface area contributed by atoms with Gasteiger partial charge >= 0.3 is 5.97 Å². The van der Waals surface area contributed by atoms with Gasteiger partial charge in [0.15, 0.2) is 18.9 Å². The molecular weight excluding hydrogens is 836 g/mol. The van der Waals surface area contributed by atoms with Crippen molar-refractivity contribution in [2.45, 2.75) is 205 Å². The summed E-state index contributed by atoms with van der Waals surface area (Å²) < 4.78 is 35.9. The number of hydrogen-bond donors (Lipinski definition) is 10. The minimum Gasteiger partial charge on any atom is -0.481 e. The molecule has 366 valence electrons. The molecule has 0 spiro atoms. The van der Waals surface area contributed by atoms with Gasteiger partial charge in [0.2, 0.25) is 0 Å². The number of carbonyl (C=O) groups is 1. The highest BCUT2D eigenvalue weighted by molar-refractivity contribution is 5.76. The van der Waals surface area contributed by atoms with E-state index in [1.165, 1.54) is 5.57 Å². The van der Waals surface area contributed by atoms with Crippen molar-refractivity contribution in [2.75, 3.05) is 19.8 Å². The normalized spacial score (nSPS) is 53.5. The molecule has 5 aliphatic carbocycles. The maximum absolute atomic E-state index is 13.1. The molecule has 64 heavy (non-hydrogen) atoms. The lowest BCUT2D eigenvalue weighted by atomic mass is 9.33. The monoisotopic (exact) mass is 913 g/mol. The number of aliphatic carboxylic acids is 1. The molecule has 3 unspecified atom stereocenters. The molecule has 4 saturated carbocycles. The van der Waals surface area contributed by atoms with Crippen LogP contribution in [0, 0.1) is 50.2 Å². The molecule has 8 rings (SSSR count). The Kier molecular flexibility index (Phi) is 13.2. The maximum Gasteiger partial charge on any atom is 0.310 e. The molecule has 0 amide bonds. The first-order valence-corrected chi connectivity index (χ1v) is 23.7. The Bertz CT molecular complexity index is 1740. The maximum atomic E-state index is 13.1. The van der Waals surface area contributed by atoms with Crippen LogP contribution in [0.3, 0.4) is 0 Å². The molecule has 3 aliphatic heterocycles. The van der Waals surface area contributed by atoms with Gasteiger partial charge in [0.1, 0.15) is 67.1 Å². The van der Waals surface area contributed by atoms with E-state index in [1.54, 1.807) is 0 Å². The van der Waals surface area contributed by atoms with E-state index < -0.39 is 129 Å². The summed E-state index contributed by atoms with van der Waals surface area (Å²) in [6.45, 7) is 14.4. The van der Waals surface area contributed by atoms with Crippen molar-refractivity contribution in [3.05, 3.63) is 11.6 Å². The van der Waals surface area contributed by atoms with Gasteiger partial charge in [0, 0.05) is 0 Å². The van der Waals surface area contributed by atoms with Crippen LogP contribution in [-0.2, 0) is 33.2 Å². The van der Waals surface area contributed by atoms with Crippen molar-refractivity contribution in [3.8, 4) is 0 Å². The summed E-state index contributed by atoms with van der Waals surface area (Å²) in [5.74, 6) is -0.0711. The van der Waals surface area contributed by atoms with E-state index in [0.29, 0.717) is 18.8 Å². The van der Waals surface area contributed by atoms with Gasteiger partial charge in [-0.15, -0.1) is 0 Å².